The Morgan fingerprint density at radius 3 is 2.58 bits per heavy atom. The van der Waals surface area contributed by atoms with Crippen molar-refractivity contribution in [3.05, 3.63) is 54.5 Å². The van der Waals surface area contributed by atoms with E-state index >= 15 is 0 Å². The number of piperidine rings is 1. The standard InChI is InChI=1S/C25H32N8/c1-16-11-24(32-31-16)29-23-14-22-21(3-2-8-27-22)25(30-23)28-18-12-19-4-5-20(13-18)33(19)15-17-6-9-26-10-7-17/h2-3,6-10,14,16,18-20,24,31-32H,4-5,11-13,15H2,1H3,(H2,28,29,30)/t16?,18?,19-,20+,24?. The number of nitrogens with zero attached hydrogens (tertiary/aromatic N) is 4. The maximum absolute atomic E-state index is 4.99. The van der Waals surface area contributed by atoms with Crippen LogP contribution >= 0.6 is 0 Å². The topological polar surface area (TPSA) is 90.0 Å². The molecule has 0 aliphatic carbocycles. The zero-order chi connectivity index (χ0) is 22.2. The van der Waals surface area contributed by atoms with Crippen LogP contribution in [-0.2, 0) is 6.54 Å². The average molecular weight is 445 g/mol. The van der Waals surface area contributed by atoms with Gasteiger partial charge in [-0.3, -0.25) is 20.3 Å². The van der Waals surface area contributed by atoms with Crippen LogP contribution in [0.1, 0.15) is 44.6 Å². The van der Waals surface area contributed by atoms with Crippen LogP contribution < -0.4 is 21.5 Å². The molecule has 8 nitrogen and oxygen atoms in total. The summed E-state index contributed by atoms with van der Waals surface area (Å²) in [5, 5.41) is 8.43. The molecule has 0 aromatic carbocycles. The van der Waals surface area contributed by atoms with Crippen molar-refractivity contribution in [2.45, 2.75) is 75.9 Å². The van der Waals surface area contributed by atoms with Crippen molar-refractivity contribution in [3.63, 3.8) is 0 Å². The Hall–Kier alpha value is -2.81. The lowest BCUT2D eigenvalue weighted by atomic mass is 9.96. The first kappa shape index (κ1) is 20.8. The van der Waals surface area contributed by atoms with Crippen LogP contribution in [0, 0.1) is 0 Å². The van der Waals surface area contributed by atoms with Crippen molar-refractivity contribution >= 4 is 22.5 Å². The van der Waals surface area contributed by atoms with Crippen molar-refractivity contribution < 1.29 is 0 Å². The molecule has 0 spiro atoms. The molecule has 4 N–H and O–H groups in total. The highest BCUT2D eigenvalue weighted by Gasteiger charge is 2.40. The molecule has 3 aliphatic heterocycles. The minimum absolute atomic E-state index is 0.161. The summed E-state index contributed by atoms with van der Waals surface area (Å²) in [6.07, 6.45) is 11.7. The summed E-state index contributed by atoms with van der Waals surface area (Å²) in [6, 6.07) is 12.5. The van der Waals surface area contributed by atoms with Gasteiger partial charge in [0.1, 0.15) is 11.6 Å². The van der Waals surface area contributed by atoms with Gasteiger partial charge in [0.25, 0.3) is 0 Å². The van der Waals surface area contributed by atoms with Crippen molar-refractivity contribution in [1.82, 2.24) is 30.7 Å². The Balaban J connectivity index is 1.19. The van der Waals surface area contributed by atoms with Gasteiger partial charge < -0.3 is 10.6 Å². The highest BCUT2D eigenvalue weighted by molar-refractivity contribution is 5.91. The fourth-order valence-electron chi connectivity index (χ4n) is 5.79. The first-order chi connectivity index (χ1) is 16.2. The molecule has 3 fully saturated rings. The number of nitrogens with one attached hydrogen (secondary N) is 4. The van der Waals surface area contributed by atoms with Gasteiger partial charge in [-0.05, 0) is 68.9 Å². The Morgan fingerprint density at radius 2 is 1.82 bits per heavy atom. The molecule has 0 amide bonds. The second-order valence-corrected chi connectivity index (χ2v) is 9.77. The predicted molar refractivity (Wildman–Crippen MR) is 131 cm³/mol. The van der Waals surface area contributed by atoms with Crippen LogP contribution in [0.25, 0.3) is 10.9 Å². The second kappa shape index (κ2) is 8.85. The number of fused-ring (bicyclic) bond motifs is 3. The SMILES string of the molecule is CC1CC(Nc2cc3ncccc3c(NC3C[C@H]4CC[C@@H](C3)N4Cc3ccncc3)n2)NN1. The van der Waals surface area contributed by atoms with Gasteiger partial charge in [-0.2, -0.15) is 0 Å². The largest absolute Gasteiger partial charge is 0.367 e. The lowest BCUT2D eigenvalue weighted by molar-refractivity contribution is 0.124. The third-order valence-electron chi connectivity index (χ3n) is 7.35. The molecule has 0 radical (unpaired) electrons. The summed E-state index contributed by atoms with van der Waals surface area (Å²) >= 11 is 0. The van der Waals surface area contributed by atoms with E-state index in [-0.39, 0.29) is 6.17 Å². The quantitative estimate of drug-likeness (QED) is 0.461. The van der Waals surface area contributed by atoms with E-state index in [0.29, 0.717) is 24.2 Å². The first-order valence-electron chi connectivity index (χ1n) is 12.2. The highest BCUT2D eigenvalue weighted by Crippen LogP contribution is 2.38. The number of hydrogen-bond acceptors (Lipinski definition) is 8. The molecule has 3 aliphatic rings. The number of hydrogen-bond donors (Lipinski definition) is 4. The Kier molecular flexibility index (Phi) is 5.57. The van der Waals surface area contributed by atoms with Crippen molar-refractivity contribution in [3.8, 4) is 0 Å². The van der Waals surface area contributed by atoms with Crippen molar-refractivity contribution in [2.24, 2.45) is 0 Å². The van der Waals surface area contributed by atoms with E-state index < -0.39 is 0 Å². The molecule has 3 unspecified atom stereocenters. The van der Waals surface area contributed by atoms with E-state index in [1.807, 2.05) is 30.7 Å². The van der Waals surface area contributed by atoms with E-state index in [1.165, 1.54) is 18.4 Å². The molecular formula is C25H32N8. The molecule has 2 bridgehead atoms. The van der Waals surface area contributed by atoms with Gasteiger partial charge in [-0.25, -0.2) is 10.4 Å². The van der Waals surface area contributed by atoms with Gasteiger partial charge in [0.2, 0.25) is 0 Å². The van der Waals surface area contributed by atoms with Gasteiger partial charge in [0.05, 0.1) is 11.7 Å². The predicted octanol–water partition coefficient (Wildman–Crippen LogP) is 3.26. The molecule has 6 rings (SSSR count). The third-order valence-corrected chi connectivity index (χ3v) is 7.35. The average Bonchev–Trinajstić information content (AvgIpc) is 3.33. The first-order valence-corrected chi connectivity index (χ1v) is 12.2. The third kappa shape index (κ3) is 4.38. The van der Waals surface area contributed by atoms with Crippen LogP contribution in [0.5, 0.6) is 0 Å². The van der Waals surface area contributed by atoms with E-state index in [4.69, 9.17) is 4.98 Å². The van der Waals surface area contributed by atoms with Crippen LogP contribution in [0.4, 0.5) is 11.6 Å². The van der Waals surface area contributed by atoms with E-state index in [9.17, 15) is 0 Å². The lowest BCUT2D eigenvalue weighted by Crippen LogP contribution is -2.46. The molecule has 3 saturated heterocycles. The van der Waals surface area contributed by atoms with E-state index in [0.717, 1.165) is 48.3 Å². The molecule has 5 atom stereocenters. The number of pyridine rings is 3. The molecule has 172 valence electrons. The maximum atomic E-state index is 4.99. The van der Waals surface area contributed by atoms with Crippen LogP contribution in [0.15, 0.2) is 48.9 Å². The second-order valence-electron chi connectivity index (χ2n) is 9.77. The van der Waals surface area contributed by atoms with Crippen LogP contribution in [0.3, 0.4) is 0 Å². The smallest absolute Gasteiger partial charge is 0.138 e. The molecule has 8 heteroatoms. The number of anilines is 2. The molecule has 0 saturated carbocycles. The van der Waals surface area contributed by atoms with Crippen molar-refractivity contribution in [1.29, 1.82) is 0 Å². The fraction of sp³-hybridized carbons (Fsp3) is 0.480. The van der Waals surface area contributed by atoms with Crippen molar-refractivity contribution in [2.75, 3.05) is 10.6 Å². The van der Waals surface area contributed by atoms with E-state index in [2.05, 4.69) is 61.5 Å². The van der Waals surface area contributed by atoms with Crippen LogP contribution in [-0.4, -0.2) is 50.2 Å². The van der Waals surface area contributed by atoms with Gasteiger partial charge in [-0.15, -0.1) is 0 Å². The number of rotatable bonds is 6. The highest BCUT2D eigenvalue weighted by atomic mass is 15.5. The monoisotopic (exact) mass is 444 g/mol. The van der Waals surface area contributed by atoms with E-state index in [1.54, 1.807) is 0 Å². The molecule has 3 aromatic rings. The summed E-state index contributed by atoms with van der Waals surface area (Å²) in [6.45, 7) is 3.20. The molecule has 33 heavy (non-hydrogen) atoms. The van der Waals surface area contributed by atoms with Gasteiger partial charge in [-0.1, -0.05) is 0 Å². The fourth-order valence-corrected chi connectivity index (χ4v) is 5.79. The number of hydrazine groups is 1. The minimum Gasteiger partial charge on any atom is -0.367 e. The summed E-state index contributed by atoms with van der Waals surface area (Å²) in [4.78, 5) is 16.5. The van der Waals surface area contributed by atoms with Gasteiger partial charge >= 0.3 is 0 Å². The maximum Gasteiger partial charge on any atom is 0.138 e. The zero-order valence-electron chi connectivity index (χ0n) is 19.0. The normalized spacial score (nSPS) is 29.4. The molecular weight excluding hydrogens is 412 g/mol. The summed E-state index contributed by atoms with van der Waals surface area (Å²) in [5.41, 5.74) is 8.89. The summed E-state index contributed by atoms with van der Waals surface area (Å²) in [7, 11) is 0. The number of aromatic nitrogens is 3. The molecule has 6 heterocycles. The zero-order valence-corrected chi connectivity index (χ0v) is 19.0. The van der Waals surface area contributed by atoms with Gasteiger partial charge in [0.15, 0.2) is 0 Å². The minimum atomic E-state index is 0.161. The lowest BCUT2D eigenvalue weighted by Gasteiger charge is -2.39. The Labute approximate surface area is 194 Å². The summed E-state index contributed by atoms with van der Waals surface area (Å²) in [5.74, 6) is 1.80. The Morgan fingerprint density at radius 1 is 1.00 bits per heavy atom. The van der Waals surface area contributed by atoms with Crippen LogP contribution in [0.2, 0.25) is 0 Å². The summed E-state index contributed by atoms with van der Waals surface area (Å²) < 4.78 is 0. The molecule has 3 aromatic heterocycles. The van der Waals surface area contributed by atoms with Gasteiger partial charge in [0, 0.05) is 60.8 Å². The Bertz CT molecular complexity index is 1090.